The van der Waals surface area contributed by atoms with Gasteiger partial charge in [-0.2, -0.15) is 0 Å². The second-order valence-electron chi connectivity index (χ2n) is 6.18. The molecule has 1 amide bonds. The first-order valence-corrected chi connectivity index (χ1v) is 8.32. The average Bonchev–Trinajstić information content (AvgIpc) is 3.12. The average molecular weight is 312 g/mol. The van der Waals surface area contributed by atoms with Crippen LogP contribution in [0.1, 0.15) is 36.3 Å². The summed E-state index contributed by atoms with van der Waals surface area (Å²) in [7, 11) is 0. The summed E-state index contributed by atoms with van der Waals surface area (Å²) < 4.78 is 5.62. The molecule has 0 bridgehead atoms. The number of likely N-dealkylation sites (tertiary alicyclic amines) is 1. The highest BCUT2D eigenvalue weighted by Crippen LogP contribution is 2.24. The summed E-state index contributed by atoms with van der Waals surface area (Å²) in [6, 6.07) is 14.6. The van der Waals surface area contributed by atoms with Crippen LogP contribution in [0.3, 0.4) is 0 Å². The Bertz CT molecular complexity index is 636. The fourth-order valence-corrected chi connectivity index (χ4v) is 3.15. The summed E-state index contributed by atoms with van der Waals surface area (Å²) in [4.78, 5) is 14.1. The largest absolute Gasteiger partial charge is 0.464 e. The Morgan fingerprint density at radius 2 is 2.04 bits per heavy atom. The molecule has 2 heterocycles. The minimum absolute atomic E-state index is 0.243. The minimum atomic E-state index is 0.243. The van der Waals surface area contributed by atoms with E-state index in [0.717, 1.165) is 37.5 Å². The number of amides is 1. The Kier molecular flexibility index (Phi) is 5.13. The molecular formula is C19H24N2O2. The number of carbonyl (C=O) groups is 1. The van der Waals surface area contributed by atoms with Gasteiger partial charge in [0.2, 0.25) is 5.91 Å². The standard InChI is InChI=1S/C19H24N2O2/c1-15-7-9-18(23-15)14-21-17(8-10-19(21)22)11-12-20-13-16-5-3-2-4-6-16/h2-7,9,17,20H,8,10-14H2,1H3/t17-/m0/s1. The van der Waals surface area contributed by atoms with Crippen LogP contribution < -0.4 is 5.32 Å². The third kappa shape index (κ3) is 4.23. The molecule has 1 N–H and O–H groups in total. The van der Waals surface area contributed by atoms with E-state index in [2.05, 4.69) is 29.6 Å². The lowest BCUT2D eigenvalue weighted by molar-refractivity contribution is -0.129. The molecule has 1 aromatic carbocycles. The number of hydrogen-bond acceptors (Lipinski definition) is 3. The zero-order valence-electron chi connectivity index (χ0n) is 13.6. The van der Waals surface area contributed by atoms with Crippen molar-refractivity contribution < 1.29 is 9.21 Å². The zero-order chi connectivity index (χ0) is 16.1. The molecule has 0 aliphatic carbocycles. The number of nitrogens with zero attached hydrogens (tertiary/aromatic N) is 1. The summed E-state index contributed by atoms with van der Waals surface area (Å²) in [6.07, 6.45) is 2.59. The van der Waals surface area contributed by atoms with Crippen molar-refractivity contribution in [1.29, 1.82) is 0 Å². The summed E-state index contributed by atoms with van der Waals surface area (Å²) in [5.74, 6) is 2.01. The van der Waals surface area contributed by atoms with Crippen LogP contribution in [0, 0.1) is 6.92 Å². The van der Waals surface area contributed by atoms with Crippen LogP contribution in [0.15, 0.2) is 46.9 Å². The van der Waals surface area contributed by atoms with Crippen molar-refractivity contribution >= 4 is 5.91 Å². The van der Waals surface area contributed by atoms with Crippen LogP contribution in [0.25, 0.3) is 0 Å². The SMILES string of the molecule is Cc1ccc(CN2C(=O)CC[C@H]2CCNCc2ccccc2)o1. The van der Waals surface area contributed by atoms with Gasteiger partial charge in [0.05, 0.1) is 6.54 Å². The van der Waals surface area contributed by atoms with Crippen LogP contribution >= 0.6 is 0 Å². The van der Waals surface area contributed by atoms with E-state index < -0.39 is 0 Å². The first-order chi connectivity index (χ1) is 11.2. The van der Waals surface area contributed by atoms with Gasteiger partial charge in [-0.3, -0.25) is 4.79 Å². The van der Waals surface area contributed by atoms with Crippen molar-refractivity contribution in [3.63, 3.8) is 0 Å². The van der Waals surface area contributed by atoms with Gasteiger partial charge in [-0.1, -0.05) is 30.3 Å². The third-order valence-corrected chi connectivity index (χ3v) is 4.40. The number of hydrogen-bond donors (Lipinski definition) is 1. The molecule has 23 heavy (non-hydrogen) atoms. The molecule has 4 heteroatoms. The molecule has 2 aromatic rings. The van der Waals surface area contributed by atoms with E-state index >= 15 is 0 Å². The molecule has 0 unspecified atom stereocenters. The van der Waals surface area contributed by atoms with Crippen molar-refractivity contribution in [3.8, 4) is 0 Å². The first-order valence-electron chi connectivity index (χ1n) is 8.32. The number of nitrogens with one attached hydrogen (secondary N) is 1. The highest BCUT2D eigenvalue weighted by Gasteiger charge is 2.30. The lowest BCUT2D eigenvalue weighted by Gasteiger charge is -2.24. The van der Waals surface area contributed by atoms with Crippen LogP contribution in [0.2, 0.25) is 0 Å². The zero-order valence-corrected chi connectivity index (χ0v) is 13.6. The molecule has 0 saturated carbocycles. The van der Waals surface area contributed by atoms with E-state index in [9.17, 15) is 4.79 Å². The van der Waals surface area contributed by atoms with Gasteiger partial charge in [0.1, 0.15) is 11.5 Å². The number of benzene rings is 1. The van der Waals surface area contributed by atoms with Crippen LogP contribution in [-0.2, 0) is 17.9 Å². The fourth-order valence-electron chi connectivity index (χ4n) is 3.15. The Balaban J connectivity index is 1.47. The van der Waals surface area contributed by atoms with E-state index in [1.165, 1.54) is 5.56 Å². The van der Waals surface area contributed by atoms with E-state index in [4.69, 9.17) is 4.42 Å². The maximum Gasteiger partial charge on any atom is 0.223 e. The summed E-state index contributed by atoms with van der Waals surface area (Å²) in [5, 5.41) is 3.47. The summed E-state index contributed by atoms with van der Waals surface area (Å²) in [5.41, 5.74) is 1.29. The van der Waals surface area contributed by atoms with Gasteiger partial charge in [-0.05, 0) is 44.0 Å². The Morgan fingerprint density at radius 3 is 2.78 bits per heavy atom. The third-order valence-electron chi connectivity index (χ3n) is 4.40. The molecule has 0 spiro atoms. The van der Waals surface area contributed by atoms with Crippen LogP contribution in [0.5, 0.6) is 0 Å². The molecule has 3 rings (SSSR count). The molecule has 1 saturated heterocycles. The highest BCUT2D eigenvalue weighted by molar-refractivity contribution is 5.78. The summed E-state index contributed by atoms with van der Waals surface area (Å²) >= 11 is 0. The van der Waals surface area contributed by atoms with Crippen LogP contribution in [0.4, 0.5) is 0 Å². The normalized spacial score (nSPS) is 17.9. The smallest absolute Gasteiger partial charge is 0.223 e. The van der Waals surface area contributed by atoms with Gasteiger partial charge in [0.25, 0.3) is 0 Å². The van der Waals surface area contributed by atoms with E-state index in [1.807, 2.05) is 30.0 Å². The Hall–Kier alpha value is -2.07. The maximum atomic E-state index is 12.1. The number of aryl methyl sites for hydroxylation is 1. The quantitative estimate of drug-likeness (QED) is 0.798. The highest BCUT2D eigenvalue weighted by atomic mass is 16.3. The Morgan fingerprint density at radius 1 is 1.22 bits per heavy atom. The van der Waals surface area contributed by atoms with Crippen molar-refractivity contribution in [2.75, 3.05) is 6.54 Å². The van der Waals surface area contributed by atoms with E-state index in [-0.39, 0.29) is 5.91 Å². The number of rotatable bonds is 7. The maximum absolute atomic E-state index is 12.1. The van der Waals surface area contributed by atoms with Gasteiger partial charge in [-0.15, -0.1) is 0 Å². The lowest BCUT2D eigenvalue weighted by atomic mass is 10.1. The van der Waals surface area contributed by atoms with Gasteiger partial charge >= 0.3 is 0 Å². The van der Waals surface area contributed by atoms with Crippen LogP contribution in [-0.4, -0.2) is 23.4 Å². The van der Waals surface area contributed by atoms with E-state index in [1.54, 1.807) is 0 Å². The molecule has 1 fully saturated rings. The van der Waals surface area contributed by atoms with Gasteiger partial charge in [0.15, 0.2) is 0 Å². The topological polar surface area (TPSA) is 45.5 Å². The fraction of sp³-hybridized carbons (Fsp3) is 0.421. The molecular weight excluding hydrogens is 288 g/mol. The molecule has 1 atom stereocenters. The monoisotopic (exact) mass is 312 g/mol. The van der Waals surface area contributed by atoms with Crippen molar-refractivity contribution in [2.24, 2.45) is 0 Å². The minimum Gasteiger partial charge on any atom is -0.464 e. The molecule has 0 radical (unpaired) electrons. The van der Waals surface area contributed by atoms with Crippen molar-refractivity contribution in [1.82, 2.24) is 10.2 Å². The first kappa shape index (κ1) is 15.8. The Labute approximate surface area is 137 Å². The number of furan rings is 1. The van der Waals surface area contributed by atoms with Gasteiger partial charge < -0.3 is 14.6 Å². The molecule has 1 aliphatic rings. The predicted molar refractivity (Wildman–Crippen MR) is 89.8 cm³/mol. The molecule has 122 valence electrons. The van der Waals surface area contributed by atoms with E-state index in [0.29, 0.717) is 19.0 Å². The van der Waals surface area contributed by atoms with Crippen molar-refractivity contribution in [3.05, 3.63) is 59.5 Å². The lowest BCUT2D eigenvalue weighted by Crippen LogP contribution is -2.34. The second-order valence-corrected chi connectivity index (χ2v) is 6.18. The second kappa shape index (κ2) is 7.47. The van der Waals surface area contributed by atoms with Crippen molar-refractivity contribution in [2.45, 2.75) is 45.3 Å². The predicted octanol–water partition coefficient (Wildman–Crippen LogP) is 3.26. The molecule has 4 nitrogen and oxygen atoms in total. The van der Waals surface area contributed by atoms with Gasteiger partial charge in [0, 0.05) is 19.0 Å². The van der Waals surface area contributed by atoms with Gasteiger partial charge in [-0.25, -0.2) is 0 Å². The molecule has 1 aliphatic heterocycles. The summed E-state index contributed by atoms with van der Waals surface area (Å²) in [6.45, 7) is 4.32. The number of carbonyl (C=O) groups excluding carboxylic acids is 1. The molecule has 1 aromatic heterocycles.